The fourth-order valence-corrected chi connectivity index (χ4v) is 0. The zero-order chi connectivity index (χ0) is 2.12. The average molecular weight is 130 g/mol. The molecule has 1 saturated carbocycles. The van der Waals surface area contributed by atoms with Crippen LogP contribution >= 0.6 is 0 Å². The van der Waals surface area contributed by atoms with Gasteiger partial charge in [0.05, 0.1) is 0 Å². The number of rotatable bonds is 0. The van der Waals surface area contributed by atoms with Gasteiger partial charge in [-0.3, -0.25) is 0 Å². The van der Waals surface area contributed by atoms with E-state index < -0.39 is 0 Å². The van der Waals surface area contributed by atoms with Gasteiger partial charge in [0, 0.05) is 32.7 Å². The Balaban J connectivity index is 0.0000000900. The van der Waals surface area contributed by atoms with Crippen LogP contribution in [0.15, 0.2) is 0 Å². The molecule has 1 radical (unpaired) electrons. The maximum Gasteiger partial charge on any atom is 0 e. The first-order valence-corrected chi connectivity index (χ1v) is 1.32. The zero-order valence-electron chi connectivity index (χ0n) is 2.57. The molecule has 0 aliphatic heterocycles. The van der Waals surface area contributed by atoms with Crippen molar-refractivity contribution in [3.63, 3.8) is 0 Å². The summed E-state index contributed by atoms with van der Waals surface area (Å²) in [5.41, 5.74) is 0. The van der Waals surface area contributed by atoms with Crippen LogP contribution in [-0.4, -0.2) is 0 Å². The molecular weight excluding hydrogens is 125 g/mol. The van der Waals surface area contributed by atoms with Crippen LogP contribution in [0.4, 0.5) is 0 Å². The molecule has 0 saturated heterocycles. The first-order chi connectivity index (χ1) is 1.50. The summed E-state index contributed by atoms with van der Waals surface area (Å²) in [5, 5.41) is 0. The van der Waals surface area contributed by atoms with E-state index in [1.807, 2.05) is 0 Å². The monoisotopic (exact) mass is 130 g/mol. The standard InChI is InChI=1S/C3H5.Y/c1-2-3-1;/h1H,2-3H2;/q-1;. The fourth-order valence-electron chi connectivity index (χ4n) is 0. The van der Waals surface area contributed by atoms with Gasteiger partial charge in [-0.15, -0.1) is 0 Å². The van der Waals surface area contributed by atoms with Crippen molar-refractivity contribution in [3.05, 3.63) is 6.42 Å². The normalized spacial score (nSPS) is 18.0. The van der Waals surface area contributed by atoms with E-state index in [1.165, 1.54) is 12.8 Å². The predicted molar refractivity (Wildman–Crippen MR) is 13.5 cm³/mol. The summed E-state index contributed by atoms with van der Waals surface area (Å²) in [4.78, 5) is 0. The van der Waals surface area contributed by atoms with E-state index in [0.717, 1.165) is 0 Å². The van der Waals surface area contributed by atoms with Gasteiger partial charge >= 0.3 is 0 Å². The number of hydrogen-bond acceptors (Lipinski definition) is 0. The van der Waals surface area contributed by atoms with Crippen molar-refractivity contribution < 1.29 is 32.7 Å². The minimum absolute atomic E-state index is 0. The van der Waals surface area contributed by atoms with E-state index in [0.29, 0.717) is 0 Å². The molecule has 1 heteroatoms. The minimum atomic E-state index is 0. The predicted octanol–water partition coefficient (Wildman–Crippen LogP) is 0.982. The molecule has 0 nitrogen and oxygen atoms in total. The first kappa shape index (κ1) is 5.10. The molecule has 0 amide bonds. The molecule has 0 aromatic heterocycles. The first-order valence-electron chi connectivity index (χ1n) is 1.32. The van der Waals surface area contributed by atoms with Gasteiger partial charge in [0.1, 0.15) is 0 Å². The summed E-state index contributed by atoms with van der Waals surface area (Å²) in [6.45, 7) is 0. The molecule has 0 N–H and O–H groups in total. The second-order valence-electron chi connectivity index (χ2n) is 0.866. The summed E-state index contributed by atoms with van der Waals surface area (Å²) in [6.07, 6.45) is 5.00. The van der Waals surface area contributed by atoms with Gasteiger partial charge < -0.3 is 6.42 Å². The topological polar surface area (TPSA) is 0 Å². The minimum Gasteiger partial charge on any atom is -0.333 e. The summed E-state index contributed by atoms with van der Waals surface area (Å²) in [5.74, 6) is 0. The van der Waals surface area contributed by atoms with E-state index >= 15 is 0 Å². The largest absolute Gasteiger partial charge is 0.333 e. The van der Waals surface area contributed by atoms with Crippen LogP contribution in [0.1, 0.15) is 12.8 Å². The smallest absolute Gasteiger partial charge is 0 e. The summed E-state index contributed by atoms with van der Waals surface area (Å²) < 4.78 is 0. The van der Waals surface area contributed by atoms with Crippen molar-refractivity contribution in [1.29, 1.82) is 0 Å². The number of hydrogen-bond donors (Lipinski definition) is 0. The molecule has 4 heavy (non-hydrogen) atoms. The van der Waals surface area contributed by atoms with Crippen LogP contribution in [0.25, 0.3) is 0 Å². The van der Waals surface area contributed by atoms with Crippen molar-refractivity contribution in [2.75, 3.05) is 0 Å². The molecule has 0 aromatic carbocycles. The SMILES string of the molecule is [CH-]1CC1.[Y]. The Kier molecular flexibility index (Phi) is 3.00. The van der Waals surface area contributed by atoms with E-state index in [2.05, 4.69) is 6.42 Å². The maximum absolute atomic E-state index is 2.25. The Hall–Kier alpha value is 1.10. The maximum atomic E-state index is 2.25. The fraction of sp³-hybridized carbons (Fsp3) is 0.667. The van der Waals surface area contributed by atoms with E-state index in [-0.39, 0.29) is 32.7 Å². The average Bonchev–Trinajstić information content (AvgIpc) is 1.46. The molecular formula is C3H5Y-. The van der Waals surface area contributed by atoms with Crippen molar-refractivity contribution in [2.24, 2.45) is 0 Å². The van der Waals surface area contributed by atoms with Crippen molar-refractivity contribution in [3.8, 4) is 0 Å². The van der Waals surface area contributed by atoms with Crippen molar-refractivity contribution >= 4 is 0 Å². The molecule has 0 heterocycles. The van der Waals surface area contributed by atoms with Crippen LogP contribution in [0.2, 0.25) is 0 Å². The van der Waals surface area contributed by atoms with E-state index in [1.54, 1.807) is 0 Å². The Morgan fingerprint density at radius 3 is 1.50 bits per heavy atom. The van der Waals surface area contributed by atoms with Gasteiger partial charge in [-0.05, 0) is 0 Å². The van der Waals surface area contributed by atoms with Crippen LogP contribution in [0.5, 0.6) is 0 Å². The van der Waals surface area contributed by atoms with Gasteiger partial charge in [0.25, 0.3) is 0 Å². The Morgan fingerprint density at radius 2 is 1.50 bits per heavy atom. The summed E-state index contributed by atoms with van der Waals surface area (Å²) >= 11 is 0. The molecule has 21 valence electrons. The third-order valence-corrected chi connectivity index (χ3v) is 0.289. The molecule has 1 aliphatic rings. The van der Waals surface area contributed by atoms with Crippen LogP contribution in [-0.2, 0) is 32.7 Å². The van der Waals surface area contributed by atoms with Crippen molar-refractivity contribution in [2.45, 2.75) is 12.8 Å². The molecule has 0 unspecified atom stereocenters. The molecule has 0 spiro atoms. The van der Waals surface area contributed by atoms with Gasteiger partial charge in [-0.2, -0.15) is 0 Å². The van der Waals surface area contributed by atoms with Crippen LogP contribution in [0, 0.1) is 6.42 Å². The zero-order valence-corrected chi connectivity index (χ0v) is 5.41. The Bertz CT molecular complexity index is 8.00. The van der Waals surface area contributed by atoms with Gasteiger partial charge in [-0.25, -0.2) is 12.8 Å². The third-order valence-electron chi connectivity index (χ3n) is 0.289. The van der Waals surface area contributed by atoms with E-state index in [4.69, 9.17) is 0 Å². The van der Waals surface area contributed by atoms with Gasteiger partial charge in [0.15, 0.2) is 0 Å². The molecule has 0 atom stereocenters. The Labute approximate surface area is 51.8 Å². The second-order valence-corrected chi connectivity index (χ2v) is 0.866. The molecule has 0 aromatic rings. The quantitative estimate of drug-likeness (QED) is 0.429. The third kappa shape index (κ3) is 3.10. The molecule has 1 aliphatic carbocycles. The van der Waals surface area contributed by atoms with Gasteiger partial charge in [-0.1, -0.05) is 0 Å². The Morgan fingerprint density at radius 1 is 1.25 bits per heavy atom. The van der Waals surface area contributed by atoms with E-state index in [9.17, 15) is 0 Å². The van der Waals surface area contributed by atoms with Crippen LogP contribution < -0.4 is 0 Å². The van der Waals surface area contributed by atoms with Gasteiger partial charge in [0.2, 0.25) is 0 Å². The van der Waals surface area contributed by atoms with Crippen molar-refractivity contribution in [1.82, 2.24) is 0 Å². The second kappa shape index (κ2) is 2.35. The molecule has 1 rings (SSSR count). The molecule has 0 bridgehead atoms. The molecule has 1 fully saturated rings. The summed E-state index contributed by atoms with van der Waals surface area (Å²) in [6, 6.07) is 0. The summed E-state index contributed by atoms with van der Waals surface area (Å²) in [7, 11) is 0. The van der Waals surface area contributed by atoms with Crippen LogP contribution in [0.3, 0.4) is 0 Å².